The molecular weight excluding hydrogens is 282 g/mol. The Morgan fingerprint density at radius 3 is 2.65 bits per heavy atom. The maximum Gasteiger partial charge on any atom is 0.335 e. The number of carboxylic acids is 1. The predicted molar refractivity (Wildman–Crippen MR) is 74.0 cm³/mol. The number of carbonyl (C=O) groups is 1. The molecule has 0 atom stereocenters. The summed E-state index contributed by atoms with van der Waals surface area (Å²) in [5.41, 5.74) is 1.02. The van der Waals surface area contributed by atoms with Crippen molar-refractivity contribution in [1.29, 1.82) is 0 Å². The number of ether oxygens (including phenoxy) is 2. The van der Waals surface area contributed by atoms with E-state index >= 15 is 0 Å². The summed E-state index contributed by atoms with van der Waals surface area (Å²) in [5, 5.41) is 9.02. The molecule has 0 unspecified atom stereocenters. The molecule has 0 amide bonds. The van der Waals surface area contributed by atoms with Crippen molar-refractivity contribution in [1.82, 2.24) is 4.98 Å². The van der Waals surface area contributed by atoms with Gasteiger partial charge in [0.2, 0.25) is 5.88 Å². The van der Waals surface area contributed by atoms with Crippen LogP contribution in [0.25, 0.3) is 0 Å². The first-order valence-corrected chi connectivity index (χ1v) is 6.11. The number of aromatic nitrogens is 1. The summed E-state index contributed by atoms with van der Waals surface area (Å²) in [6.45, 7) is 1.92. The number of nitrogens with zero attached hydrogens (tertiary/aromatic N) is 1. The van der Waals surface area contributed by atoms with E-state index in [9.17, 15) is 4.79 Å². The number of aromatic carboxylic acids is 1. The Morgan fingerprint density at radius 1 is 1.25 bits per heavy atom. The van der Waals surface area contributed by atoms with Crippen LogP contribution in [0.2, 0.25) is 5.15 Å². The van der Waals surface area contributed by atoms with Gasteiger partial charge in [-0.2, -0.15) is 0 Å². The first-order chi connectivity index (χ1) is 9.49. The topological polar surface area (TPSA) is 68.7 Å². The smallest absolute Gasteiger partial charge is 0.335 e. The van der Waals surface area contributed by atoms with Gasteiger partial charge in [-0.1, -0.05) is 17.7 Å². The van der Waals surface area contributed by atoms with Crippen molar-refractivity contribution < 1.29 is 19.4 Å². The number of hydrogen-bond donors (Lipinski definition) is 1. The lowest BCUT2D eigenvalue weighted by Gasteiger charge is -2.10. The van der Waals surface area contributed by atoms with Crippen molar-refractivity contribution in [3.05, 3.63) is 46.6 Å². The molecule has 0 bridgehead atoms. The summed E-state index contributed by atoms with van der Waals surface area (Å²) < 4.78 is 10.7. The summed E-state index contributed by atoms with van der Waals surface area (Å²) in [4.78, 5) is 14.9. The van der Waals surface area contributed by atoms with Gasteiger partial charge in [0, 0.05) is 6.07 Å². The first-order valence-electron chi connectivity index (χ1n) is 5.73. The molecule has 20 heavy (non-hydrogen) atoms. The van der Waals surface area contributed by atoms with Crippen LogP contribution in [0.15, 0.2) is 30.3 Å². The fourth-order valence-corrected chi connectivity index (χ4v) is 1.82. The van der Waals surface area contributed by atoms with Crippen LogP contribution in [-0.4, -0.2) is 23.2 Å². The molecule has 0 radical (unpaired) electrons. The first kappa shape index (κ1) is 14.1. The SMILES string of the molecule is COc1cc(C)ccc1Oc1cc(C(=O)O)cc(Cl)n1. The highest BCUT2D eigenvalue weighted by molar-refractivity contribution is 6.29. The van der Waals surface area contributed by atoms with E-state index in [-0.39, 0.29) is 16.6 Å². The Bertz CT molecular complexity index is 658. The van der Waals surface area contributed by atoms with Gasteiger partial charge in [0.1, 0.15) is 5.15 Å². The van der Waals surface area contributed by atoms with E-state index in [1.54, 1.807) is 12.1 Å². The molecule has 104 valence electrons. The third-order valence-electron chi connectivity index (χ3n) is 2.55. The van der Waals surface area contributed by atoms with Crippen LogP contribution in [0.1, 0.15) is 15.9 Å². The minimum absolute atomic E-state index is 0.00563. The van der Waals surface area contributed by atoms with Crippen LogP contribution in [-0.2, 0) is 0 Å². The second-order valence-electron chi connectivity index (χ2n) is 4.08. The second-order valence-corrected chi connectivity index (χ2v) is 4.47. The van der Waals surface area contributed by atoms with Gasteiger partial charge < -0.3 is 14.6 Å². The van der Waals surface area contributed by atoms with Crippen LogP contribution in [0.3, 0.4) is 0 Å². The molecule has 5 nitrogen and oxygen atoms in total. The molecule has 1 heterocycles. The summed E-state index contributed by atoms with van der Waals surface area (Å²) in [6, 6.07) is 7.92. The van der Waals surface area contributed by atoms with Crippen molar-refractivity contribution >= 4 is 17.6 Å². The molecule has 0 fully saturated rings. The van der Waals surface area contributed by atoms with Gasteiger partial charge in [-0.15, -0.1) is 0 Å². The number of carboxylic acid groups (broad SMARTS) is 1. The summed E-state index contributed by atoms with van der Waals surface area (Å²) >= 11 is 5.77. The van der Waals surface area contributed by atoms with Gasteiger partial charge in [-0.25, -0.2) is 9.78 Å². The van der Waals surface area contributed by atoms with Crippen LogP contribution in [0.4, 0.5) is 0 Å². The fourth-order valence-electron chi connectivity index (χ4n) is 1.62. The van der Waals surface area contributed by atoms with Crippen LogP contribution >= 0.6 is 11.6 Å². The van der Waals surface area contributed by atoms with Crippen LogP contribution in [0, 0.1) is 6.92 Å². The van der Waals surface area contributed by atoms with Crippen LogP contribution < -0.4 is 9.47 Å². The van der Waals surface area contributed by atoms with E-state index in [4.69, 9.17) is 26.2 Å². The maximum absolute atomic E-state index is 11.0. The highest BCUT2D eigenvalue weighted by atomic mass is 35.5. The Hall–Kier alpha value is -2.27. The number of halogens is 1. The Balaban J connectivity index is 2.37. The van der Waals surface area contributed by atoms with Gasteiger partial charge in [0.25, 0.3) is 0 Å². The van der Waals surface area contributed by atoms with E-state index in [1.807, 2.05) is 13.0 Å². The lowest BCUT2D eigenvalue weighted by molar-refractivity contribution is 0.0696. The van der Waals surface area contributed by atoms with Crippen LogP contribution in [0.5, 0.6) is 17.4 Å². The minimum atomic E-state index is -1.10. The molecule has 0 aliphatic rings. The van der Waals surface area contributed by atoms with Crippen molar-refractivity contribution in [2.24, 2.45) is 0 Å². The van der Waals surface area contributed by atoms with Crippen molar-refractivity contribution in [3.8, 4) is 17.4 Å². The number of rotatable bonds is 4. The van der Waals surface area contributed by atoms with E-state index in [0.717, 1.165) is 5.56 Å². The van der Waals surface area contributed by atoms with E-state index in [2.05, 4.69) is 4.98 Å². The second kappa shape index (κ2) is 5.79. The normalized spacial score (nSPS) is 10.2. The minimum Gasteiger partial charge on any atom is -0.493 e. The molecular formula is C14H12ClNO4. The largest absolute Gasteiger partial charge is 0.493 e. The number of aryl methyl sites for hydroxylation is 1. The van der Waals surface area contributed by atoms with Crippen molar-refractivity contribution in [2.75, 3.05) is 7.11 Å². The molecule has 1 aromatic heterocycles. The van der Waals surface area contributed by atoms with Gasteiger partial charge in [-0.05, 0) is 30.7 Å². The Labute approximate surface area is 120 Å². The summed E-state index contributed by atoms with van der Waals surface area (Å²) in [7, 11) is 1.52. The molecule has 2 aromatic rings. The van der Waals surface area contributed by atoms with E-state index in [0.29, 0.717) is 11.5 Å². The predicted octanol–water partition coefficient (Wildman–Crippen LogP) is 3.54. The zero-order valence-corrected chi connectivity index (χ0v) is 11.6. The zero-order valence-electron chi connectivity index (χ0n) is 10.9. The molecule has 0 saturated heterocycles. The number of methoxy groups -OCH3 is 1. The standard InChI is InChI=1S/C14H12ClNO4/c1-8-3-4-10(11(5-8)19-2)20-13-7-9(14(17)18)6-12(15)16-13/h3-7H,1-2H3,(H,17,18). The molecule has 0 aliphatic carbocycles. The summed E-state index contributed by atoms with van der Waals surface area (Å²) in [6.07, 6.45) is 0. The zero-order chi connectivity index (χ0) is 14.7. The van der Waals surface area contributed by atoms with Gasteiger partial charge in [0.05, 0.1) is 12.7 Å². The van der Waals surface area contributed by atoms with E-state index < -0.39 is 5.97 Å². The monoisotopic (exact) mass is 293 g/mol. The Kier molecular flexibility index (Phi) is 4.10. The van der Waals surface area contributed by atoms with E-state index in [1.165, 1.54) is 19.2 Å². The molecule has 1 N–H and O–H groups in total. The quantitative estimate of drug-likeness (QED) is 0.873. The average molecular weight is 294 g/mol. The number of pyridine rings is 1. The molecule has 6 heteroatoms. The van der Waals surface area contributed by atoms with Crippen molar-refractivity contribution in [3.63, 3.8) is 0 Å². The van der Waals surface area contributed by atoms with Gasteiger partial charge >= 0.3 is 5.97 Å². The molecule has 2 rings (SSSR count). The third kappa shape index (κ3) is 3.19. The van der Waals surface area contributed by atoms with Gasteiger partial charge in [-0.3, -0.25) is 0 Å². The highest BCUT2D eigenvalue weighted by Gasteiger charge is 2.11. The fraction of sp³-hybridized carbons (Fsp3) is 0.143. The molecule has 0 aliphatic heterocycles. The molecule has 0 saturated carbocycles. The Morgan fingerprint density at radius 2 is 2.00 bits per heavy atom. The molecule has 1 aromatic carbocycles. The third-order valence-corrected chi connectivity index (χ3v) is 2.74. The maximum atomic E-state index is 11.0. The highest BCUT2D eigenvalue weighted by Crippen LogP contribution is 2.32. The lowest BCUT2D eigenvalue weighted by Crippen LogP contribution is -1.99. The molecule has 0 spiro atoms. The number of benzene rings is 1. The lowest BCUT2D eigenvalue weighted by atomic mass is 10.2. The summed E-state index contributed by atoms with van der Waals surface area (Å²) in [5.74, 6) is -0.0417. The van der Waals surface area contributed by atoms with Gasteiger partial charge in [0.15, 0.2) is 11.5 Å². The number of hydrogen-bond acceptors (Lipinski definition) is 4. The van der Waals surface area contributed by atoms with Crippen molar-refractivity contribution in [2.45, 2.75) is 6.92 Å². The average Bonchev–Trinajstić information content (AvgIpc) is 2.40.